The van der Waals surface area contributed by atoms with Crippen LogP contribution in [0.5, 0.6) is 0 Å². The molecule has 0 bridgehead atoms. The number of benzene rings is 2. The standard InChI is InChI=1S/C19H18ClN/c1-4-13-6-5-7-16(10-13)21-18-17-11-15(20)9-8-14(17)12-19(18,2)3/h1,5-11,18,21H,12H2,2-3H3. The number of fused-ring (bicyclic) bond motifs is 1. The van der Waals surface area contributed by atoms with E-state index in [0.29, 0.717) is 0 Å². The molecular formula is C19H18ClN. The first kappa shape index (κ1) is 14.0. The summed E-state index contributed by atoms with van der Waals surface area (Å²) in [7, 11) is 0. The molecule has 0 heterocycles. The van der Waals surface area contributed by atoms with Crippen LogP contribution in [0.2, 0.25) is 5.02 Å². The van der Waals surface area contributed by atoms with Gasteiger partial charge in [0.25, 0.3) is 0 Å². The van der Waals surface area contributed by atoms with Crippen molar-refractivity contribution in [2.75, 3.05) is 5.32 Å². The van der Waals surface area contributed by atoms with E-state index in [1.165, 1.54) is 11.1 Å². The molecule has 1 aliphatic rings. The van der Waals surface area contributed by atoms with Crippen molar-refractivity contribution in [2.24, 2.45) is 5.41 Å². The summed E-state index contributed by atoms with van der Waals surface area (Å²) in [4.78, 5) is 0. The molecule has 2 aromatic rings. The fourth-order valence-electron chi connectivity index (χ4n) is 3.15. The highest BCUT2D eigenvalue weighted by atomic mass is 35.5. The van der Waals surface area contributed by atoms with Gasteiger partial charge in [0.1, 0.15) is 0 Å². The normalized spacial score (nSPS) is 18.9. The summed E-state index contributed by atoms with van der Waals surface area (Å²) in [6, 6.07) is 14.4. The van der Waals surface area contributed by atoms with Gasteiger partial charge >= 0.3 is 0 Å². The summed E-state index contributed by atoms with van der Waals surface area (Å²) in [6.45, 7) is 4.56. The van der Waals surface area contributed by atoms with Crippen LogP contribution in [0.4, 0.5) is 5.69 Å². The predicted octanol–water partition coefficient (Wildman–Crippen LogP) is 5.06. The van der Waals surface area contributed by atoms with Crippen LogP contribution in [0.1, 0.15) is 36.6 Å². The molecule has 2 heteroatoms. The summed E-state index contributed by atoms with van der Waals surface area (Å²) < 4.78 is 0. The molecule has 0 saturated heterocycles. The monoisotopic (exact) mass is 295 g/mol. The van der Waals surface area contributed by atoms with Crippen molar-refractivity contribution in [1.29, 1.82) is 0 Å². The molecule has 0 amide bonds. The Morgan fingerprint density at radius 3 is 2.81 bits per heavy atom. The van der Waals surface area contributed by atoms with Crippen molar-refractivity contribution in [3.8, 4) is 12.3 Å². The number of hydrogen-bond acceptors (Lipinski definition) is 1. The van der Waals surface area contributed by atoms with E-state index in [1.54, 1.807) is 0 Å². The Labute approximate surface area is 131 Å². The number of anilines is 1. The Hall–Kier alpha value is -1.91. The molecule has 1 aliphatic carbocycles. The van der Waals surface area contributed by atoms with Gasteiger partial charge in [-0.2, -0.15) is 0 Å². The second kappa shape index (κ2) is 5.13. The van der Waals surface area contributed by atoms with Crippen LogP contribution in [0.15, 0.2) is 42.5 Å². The van der Waals surface area contributed by atoms with E-state index in [4.69, 9.17) is 18.0 Å². The minimum atomic E-state index is 0.138. The van der Waals surface area contributed by atoms with Gasteiger partial charge in [-0.3, -0.25) is 0 Å². The van der Waals surface area contributed by atoms with Gasteiger partial charge in [-0.05, 0) is 53.3 Å². The maximum Gasteiger partial charge on any atom is 0.0571 e. The number of hydrogen-bond donors (Lipinski definition) is 1. The smallest absolute Gasteiger partial charge is 0.0571 e. The third-order valence-corrected chi connectivity index (χ3v) is 4.42. The molecule has 106 valence electrons. The van der Waals surface area contributed by atoms with Crippen molar-refractivity contribution < 1.29 is 0 Å². The Kier molecular flexibility index (Phi) is 3.43. The van der Waals surface area contributed by atoms with Gasteiger partial charge in [-0.25, -0.2) is 0 Å². The molecule has 0 fully saturated rings. The van der Waals surface area contributed by atoms with Crippen LogP contribution in [0.3, 0.4) is 0 Å². The van der Waals surface area contributed by atoms with Gasteiger partial charge < -0.3 is 5.32 Å². The van der Waals surface area contributed by atoms with Crippen LogP contribution < -0.4 is 5.32 Å². The summed E-state index contributed by atoms with van der Waals surface area (Å²) >= 11 is 6.18. The van der Waals surface area contributed by atoms with E-state index >= 15 is 0 Å². The van der Waals surface area contributed by atoms with E-state index in [-0.39, 0.29) is 11.5 Å². The molecule has 0 saturated carbocycles. The summed E-state index contributed by atoms with van der Waals surface area (Å²) in [5.74, 6) is 2.68. The molecule has 3 rings (SSSR count). The zero-order valence-corrected chi connectivity index (χ0v) is 13.0. The van der Waals surface area contributed by atoms with Gasteiger partial charge in [-0.15, -0.1) is 6.42 Å². The number of nitrogens with one attached hydrogen (secondary N) is 1. The second-order valence-corrected chi connectivity index (χ2v) is 6.75. The zero-order chi connectivity index (χ0) is 15.0. The van der Waals surface area contributed by atoms with E-state index in [2.05, 4.69) is 43.3 Å². The lowest BCUT2D eigenvalue weighted by Gasteiger charge is -2.29. The average Bonchev–Trinajstić information content (AvgIpc) is 2.70. The number of terminal acetylenes is 1. The maximum absolute atomic E-state index is 6.18. The topological polar surface area (TPSA) is 12.0 Å². The van der Waals surface area contributed by atoms with Gasteiger partial charge in [0.05, 0.1) is 6.04 Å². The molecule has 1 nitrogen and oxygen atoms in total. The fourth-order valence-corrected chi connectivity index (χ4v) is 3.33. The summed E-state index contributed by atoms with van der Waals surface area (Å²) in [5, 5.41) is 4.42. The van der Waals surface area contributed by atoms with Crippen molar-refractivity contribution in [3.63, 3.8) is 0 Å². The van der Waals surface area contributed by atoms with Crippen LogP contribution in [-0.4, -0.2) is 0 Å². The zero-order valence-electron chi connectivity index (χ0n) is 12.3. The molecule has 2 aromatic carbocycles. The molecule has 0 spiro atoms. The lowest BCUT2D eigenvalue weighted by molar-refractivity contribution is 0.337. The van der Waals surface area contributed by atoms with Gasteiger partial charge in [-0.1, -0.05) is 43.5 Å². The molecule has 1 unspecified atom stereocenters. The SMILES string of the molecule is C#Cc1cccc(NC2c3cc(Cl)ccc3CC2(C)C)c1. The largest absolute Gasteiger partial charge is 0.378 e. The molecule has 0 radical (unpaired) electrons. The first-order valence-corrected chi connectivity index (χ1v) is 7.49. The Morgan fingerprint density at radius 2 is 2.05 bits per heavy atom. The molecule has 21 heavy (non-hydrogen) atoms. The first-order chi connectivity index (χ1) is 9.99. The molecule has 0 aromatic heterocycles. The Bertz CT molecular complexity index is 725. The maximum atomic E-state index is 6.18. The molecular weight excluding hydrogens is 278 g/mol. The van der Waals surface area contributed by atoms with Gasteiger partial charge in [0.15, 0.2) is 0 Å². The van der Waals surface area contributed by atoms with Crippen molar-refractivity contribution in [3.05, 3.63) is 64.2 Å². The number of rotatable bonds is 2. The van der Waals surface area contributed by atoms with Crippen molar-refractivity contribution >= 4 is 17.3 Å². The lowest BCUT2D eigenvalue weighted by Crippen LogP contribution is -2.24. The highest BCUT2D eigenvalue weighted by Gasteiger charge is 2.38. The highest BCUT2D eigenvalue weighted by molar-refractivity contribution is 6.30. The van der Waals surface area contributed by atoms with E-state index in [1.807, 2.05) is 24.3 Å². The van der Waals surface area contributed by atoms with Crippen LogP contribution in [-0.2, 0) is 6.42 Å². The Morgan fingerprint density at radius 1 is 1.24 bits per heavy atom. The quantitative estimate of drug-likeness (QED) is 0.764. The highest BCUT2D eigenvalue weighted by Crippen LogP contribution is 2.47. The number of halogens is 1. The van der Waals surface area contributed by atoms with Crippen molar-refractivity contribution in [1.82, 2.24) is 0 Å². The van der Waals surface area contributed by atoms with E-state index in [9.17, 15) is 0 Å². The summed E-state index contributed by atoms with van der Waals surface area (Å²) in [6.07, 6.45) is 6.53. The average molecular weight is 296 g/mol. The van der Waals surface area contributed by atoms with Crippen LogP contribution in [0.25, 0.3) is 0 Å². The predicted molar refractivity (Wildman–Crippen MR) is 89.7 cm³/mol. The van der Waals surface area contributed by atoms with Crippen LogP contribution >= 0.6 is 11.6 Å². The Balaban J connectivity index is 1.97. The van der Waals surface area contributed by atoms with Gasteiger partial charge in [0.2, 0.25) is 0 Å². The molecule has 1 atom stereocenters. The first-order valence-electron chi connectivity index (χ1n) is 7.11. The fraction of sp³-hybridized carbons (Fsp3) is 0.263. The third-order valence-electron chi connectivity index (χ3n) is 4.19. The van der Waals surface area contributed by atoms with Crippen molar-refractivity contribution in [2.45, 2.75) is 26.3 Å². The van der Waals surface area contributed by atoms with Crippen LogP contribution in [0, 0.1) is 17.8 Å². The molecule has 0 aliphatic heterocycles. The van der Waals surface area contributed by atoms with E-state index < -0.39 is 0 Å². The van der Waals surface area contributed by atoms with E-state index in [0.717, 1.165) is 22.7 Å². The molecule has 1 N–H and O–H groups in total. The lowest BCUT2D eigenvalue weighted by atomic mass is 9.85. The minimum Gasteiger partial charge on any atom is -0.378 e. The summed E-state index contributed by atoms with van der Waals surface area (Å²) in [5.41, 5.74) is 4.74. The minimum absolute atomic E-state index is 0.138. The second-order valence-electron chi connectivity index (χ2n) is 6.31. The van der Waals surface area contributed by atoms with Gasteiger partial charge in [0, 0.05) is 16.3 Å². The third kappa shape index (κ3) is 2.64.